The first-order valence-electron chi connectivity index (χ1n) is 8.75. The highest BCUT2D eigenvalue weighted by molar-refractivity contribution is 6.30. The van der Waals surface area contributed by atoms with Crippen LogP contribution in [0.5, 0.6) is 0 Å². The second kappa shape index (κ2) is 10.6. The molecule has 1 aromatic heterocycles. The Kier molecular flexibility index (Phi) is 8.50. The number of ether oxygens (including phenoxy) is 2. The number of aromatic nitrogens is 1. The Morgan fingerprint density at radius 3 is 2.79 bits per heavy atom. The lowest BCUT2D eigenvalue weighted by molar-refractivity contribution is -0.142. The molecule has 0 aromatic carbocycles. The van der Waals surface area contributed by atoms with E-state index in [1.54, 1.807) is 6.20 Å². The highest BCUT2D eigenvalue weighted by atomic mass is 35.5. The zero-order valence-electron chi connectivity index (χ0n) is 14.3. The monoisotopic (exact) mass is 354 g/mol. The number of hydrogen-bond acceptors (Lipinski definition) is 5. The predicted molar refractivity (Wildman–Crippen MR) is 93.9 cm³/mol. The van der Waals surface area contributed by atoms with Crippen LogP contribution >= 0.6 is 11.6 Å². The van der Waals surface area contributed by atoms with Crippen molar-refractivity contribution in [2.45, 2.75) is 51.7 Å². The predicted octanol–water partition coefficient (Wildman–Crippen LogP) is 3.35. The van der Waals surface area contributed by atoms with Gasteiger partial charge in [0.25, 0.3) is 0 Å². The third kappa shape index (κ3) is 7.16. The Balaban J connectivity index is 1.54. The van der Waals surface area contributed by atoms with Gasteiger partial charge in [-0.05, 0) is 57.2 Å². The van der Waals surface area contributed by atoms with E-state index in [-0.39, 0.29) is 5.97 Å². The van der Waals surface area contributed by atoms with E-state index >= 15 is 0 Å². The number of rotatable bonds is 9. The molecule has 0 saturated heterocycles. The van der Waals surface area contributed by atoms with Crippen LogP contribution in [0, 0.1) is 5.92 Å². The summed E-state index contributed by atoms with van der Waals surface area (Å²) in [7, 11) is 0. The molecule has 1 saturated carbocycles. The lowest BCUT2D eigenvalue weighted by atomic mass is 9.87. The molecule has 0 amide bonds. The van der Waals surface area contributed by atoms with Crippen molar-refractivity contribution in [1.29, 1.82) is 0 Å². The van der Waals surface area contributed by atoms with Crippen molar-refractivity contribution in [2.24, 2.45) is 5.92 Å². The molecule has 2 rings (SSSR count). The fourth-order valence-corrected chi connectivity index (χ4v) is 3.04. The Labute approximate surface area is 149 Å². The van der Waals surface area contributed by atoms with Gasteiger partial charge in [-0.25, -0.2) is 0 Å². The number of esters is 1. The zero-order valence-corrected chi connectivity index (χ0v) is 15.1. The van der Waals surface area contributed by atoms with Crippen LogP contribution in [0.25, 0.3) is 0 Å². The maximum absolute atomic E-state index is 11.3. The zero-order chi connectivity index (χ0) is 17.2. The van der Waals surface area contributed by atoms with Crippen LogP contribution in [0.15, 0.2) is 18.3 Å². The molecule has 0 unspecified atom stereocenters. The van der Waals surface area contributed by atoms with E-state index < -0.39 is 0 Å². The second-order valence-corrected chi connectivity index (χ2v) is 6.62. The quantitative estimate of drug-likeness (QED) is 0.544. The van der Waals surface area contributed by atoms with Gasteiger partial charge in [-0.2, -0.15) is 0 Å². The van der Waals surface area contributed by atoms with Crippen LogP contribution in [0.2, 0.25) is 5.02 Å². The van der Waals surface area contributed by atoms with Gasteiger partial charge in [0.2, 0.25) is 0 Å². The van der Waals surface area contributed by atoms with Crippen LogP contribution in [-0.2, 0) is 20.9 Å². The third-order valence-electron chi connectivity index (χ3n) is 4.29. The Hall–Kier alpha value is -1.17. The van der Waals surface area contributed by atoms with Gasteiger partial charge in [-0.15, -0.1) is 0 Å². The number of nitrogens with one attached hydrogen (secondary N) is 1. The van der Waals surface area contributed by atoms with Crippen molar-refractivity contribution in [3.8, 4) is 0 Å². The molecule has 0 radical (unpaired) electrons. The number of nitrogens with zero attached hydrogens (tertiary/aromatic N) is 1. The maximum atomic E-state index is 11.3. The summed E-state index contributed by atoms with van der Waals surface area (Å²) in [5.41, 5.74) is 0.919. The number of carbonyl (C=O) groups excluding carboxylic acids is 1. The smallest absolute Gasteiger partial charge is 0.307 e. The van der Waals surface area contributed by atoms with E-state index in [0.29, 0.717) is 43.2 Å². The van der Waals surface area contributed by atoms with E-state index in [0.717, 1.165) is 37.9 Å². The van der Waals surface area contributed by atoms with Crippen molar-refractivity contribution >= 4 is 17.6 Å². The van der Waals surface area contributed by atoms with Gasteiger partial charge in [-0.1, -0.05) is 11.6 Å². The SMILES string of the molecule is CCOC(=O)CCNC[C@H]1CC[C@H](OCc2ccc(Cl)cn2)CC1. The lowest BCUT2D eigenvalue weighted by Gasteiger charge is -2.28. The number of hydrogen-bond donors (Lipinski definition) is 1. The molecule has 0 spiro atoms. The van der Waals surface area contributed by atoms with E-state index in [1.807, 2.05) is 19.1 Å². The van der Waals surface area contributed by atoms with Crippen molar-refractivity contribution in [1.82, 2.24) is 10.3 Å². The summed E-state index contributed by atoms with van der Waals surface area (Å²) in [6.45, 7) is 4.48. The van der Waals surface area contributed by atoms with E-state index in [4.69, 9.17) is 21.1 Å². The van der Waals surface area contributed by atoms with Crippen molar-refractivity contribution in [3.63, 3.8) is 0 Å². The molecular formula is C18H27ClN2O3. The molecule has 134 valence electrons. The Morgan fingerprint density at radius 2 is 2.12 bits per heavy atom. The topological polar surface area (TPSA) is 60.5 Å². The van der Waals surface area contributed by atoms with Crippen LogP contribution in [0.1, 0.15) is 44.7 Å². The minimum absolute atomic E-state index is 0.127. The minimum Gasteiger partial charge on any atom is -0.466 e. The van der Waals surface area contributed by atoms with Gasteiger partial charge < -0.3 is 14.8 Å². The van der Waals surface area contributed by atoms with Crippen LogP contribution in [0.4, 0.5) is 0 Å². The molecule has 0 atom stereocenters. The molecule has 6 heteroatoms. The van der Waals surface area contributed by atoms with E-state index in [2.05, 4.69) is 10.3 Å². The van der Waals surface area contributed by atoms with Crippen molar-refractivity contribution in [3.05, 3.63) is 29.0 Å². The summed E-state index contributed by atoms with van der Waals surface area (Å²) >= 11 is 5.83. The minimum atomic E-state index is -0.127. The molecule has 1 fully saturated rings. The van der Waals surface area contributed by atoms with Gasteiger partial charge in [0.15, 0.2) is 0 Å². The summed E-state index contributed by atoms with van der Waals surface area (Å²) < 4.78 is 10.9. The van der Waals surface area contributed by atoms with Gasteiger partial charge >= 0.3 is 5.97 Å². The normalized spacial score (nSPS) is 20.8. The number of carbonyl (C=O) groups is 1. The van der Waals surface area contributed by atoms with Crippen molar-refractivity contribution in [2.75, 3.05) is 19.7 Å². The van der Waals surface area contributed by atoms with Crippen LogP contribution < -0.4 is 5.32 Å². The molecule has 1 aliphatic carbocycles. The Morgan fingerprint density at radius 1 is 1.33 bits per heavy atom. The Bertz CT molecular complexity index is 488. The van der Waals surface area contributed by atoms with Crippen molar-refractivity contribution < 1.29 is 14.3 Å². The average molecular weight is 355 g/mol. The lowest BCUT2D eigenvalue weighted by Crippen LogP contribution is -2.30. The summed E-state index contributed by atoms with van der Waals surface area (Å²) in [4.78, 5) is 15.5. The summed E-state index contributed by atoms with van der Waals surface area (Å²) in [6.07, 6.45) is 6.89. The third-order valence-corrected chi connectivity index (χ3v) is 4.52. The van der Waals surface area contributed by atoms with E-state index in [9.17, 15) is 4.79 Å². The first-order chi connectivity index (χ1) is 11.7. The molecule has 1 heterocycles. The molecule has 1 aromatic rings. The summed E-state index contributed by atoms with van der Waals surface area (Å²) in [5, 5.41) is 4.01. The fraction of sp³-hybridized carbons (Fsp3) is 0.667. The highest BCUT2D eigenvalue weighted by Gasteiger charge is 2.21. The second-order valence-electron chi connectivity index (χ2n) is 6.18. The van der Waals surface area contributed by atoms with Gasteiger partial charge in [0.1, 0.15) is 0 Å². The van der Waals surface area contributed by atoms with Gasteiger partial charge in [0.05, 0.1) is 36.5 Å². The first-order valence-corrected chi connectivity index (χ1v) is 9.13. The average Bonchev–Trinajstić information content (AvgIpc) is 2.59. The molecule has 0 aliphatic heterocycles. The number of pyridine rings is 1. The number of halogens is 1. The fourth-order valence-electron chi connectivity index (χ4n) is 2.93. The highest BCUT2D eigenvalue weighted by Crippen LogP contribution is 2.26. The summed E-state index contributed by atoms with van der Waals surface area (Å²) in [6, 6.07) is 3.74. The summed E-state index contributed by atoms with van der Waals surface area (Å²) in [5.74, 6) is 0.540. The first kappa shape index (κ1) is 19.2. The molecule has 0 bridgehead atoms. The standard InChI is InChI=1S/C18H27ClN2O3/c1-2-23-18(22)9-10-20-11-14-3-7-17(8-4-14)24-13-16-6-5-15(19)12-21-16/h5-6,12,14,17,20H,2-4,7-11,13H2,1H3/t14-,17-. The van der Waals surface area contributed by atoms with Crippen LogP contribution in [0.3, 0.4) is 0 Å². The molecule has 24 heavy (non-hydrogen) atoms. The molecule has 1 N–H and O–H groups in total. The van der Waals surface area contributed by atoms with Gasteiger partial charge in [-0.3, -0.25) is 9.78 Å². The molecular weight excluding hydrogens is 328 g/mol. The molecule has 1 aliphatic rings. The molecule has 5 nitrogen and oxygen atoms in total. The van der Waals surface area contributed by atoms with E-state index in [1.165, 1.54) is 0 Å². The van der Waals surface area contributed by atoms with Crippen LogP contribution in [-0.4, -0.2) is 36.8 Å². The maximum Gasteiger partial charge on any atom is 0.307 e. The van der Waals surface area contributed by atoms with Gasteiger partial charge in [0, 0.05) is 12.7 Å². The largest absolute Gasteiger partial charge is 0.466 e.